The summed E-state index contributed by atoms with van der Waals surface area (Å²) in [5, 5.41) is 0. The number of halogens is 1. The van der Waals surface area contributed by atoms with Crippen LogP contribution < -0.4 is 5.73 Å². The summed E-state index contributed by atoms with van der Waals surface area (Å²) in [6, 6.07) is 7.84. The summed E-state index contributed by atoms with van der Waals surface area (Å²) in [5.74, 6) is 0.299. The van der Waals surface area contributed by atoms with Gasteiger partial charge in [0.15, 0.2) is 0 Å². The van der Waals surface area contributed by atoms with E-state index < -0.39 is 9.84 Å². The second kappa shape index (κ2) is 5.80. The highest BCUT2D eigenvalue weighted by molar-refractivity contribution is 9.10. The lowest BCUT2D eigenvalue weighted by Gasteiger charge is -2.14. The lowest BCUT2D eigenvalue weighted by atomic mass is 9.97. The second-order valence-electron chi connectivity index (χ2n) is 3.90. The van der Waals surface area contributed by atoms with E-state index >= 15 is 0 Å². The van der Waals surface area contributed by atoms with E-state index in [0.29, 0.717) is 13.0 Å². The minimum absolute atomic E-state index is 0.114. The van der Waals surface area contributed by atoms with Gasteiger partial charge in [-0.3, -0.25) is 0 Å². The monoisotopic (exact) mass is 305 g/mol. The van der Waals surface area contributed by atoms with E-state index in [1.807, 2.05) is 24.3 Å². The molecule has 0 saturated carbocycles. The highest BCUT2D eigenvalue weighted by Crippen LogP contribution is 2.21. The predicted molar refractivity (Wildman–Crippen MR) is 70.3 cm³/mol. The Balaban J connectivity index is 2.71. The zero-order valence-electron chi connectivity index (χ0n) is 9.19. The van der Waals surface area contributed by atoms with Crippen LogP contribution in [-0.2, 0) is 9.84 Å². The molecule has 0 bridgehead atoms. The molecule has 0 amide bonds. The maximum Gasteiger partial charge on any atom is 0.147 e. The zero-order chi connectivity index (χ0) is 12.2. The normalized spacial score (nSPS) is 13.7. The molecule has 0 spiro atoms. The lowest BCUT2D eigenvalue weighted by molar-refractivity contribution is 0.590. The van der Waals surface area contributed by atoms with Crippen molar-refractivity contribution in [1.29, 1.82) is 0 Å². The SMILES string of the molecule is CS(=O)(=O)CCC(CN)c1ccc(Br)cc1. The van der Waals surface area contributed by atoms with Gasteiger partial charge in [0.25, 0.3) is 0 Å². The highest BCUT2D eigenvalue weighted by atomic mass is 79.9. The van der Waals surface area contributed by atoms with E-state index in [1.165, 1.54) is 6.26 Å². The third-order valence-electron chi connectivity index (χ3n) is 2.46. The predicted octanol–water partition coefficient (Wildman–Crippen LogP) is 1.93. The molecule has 0 aromatic heterocycles. The van der Waals surface area contributed by atoms with Gasteiger partial charge in [-0.15, -0.1) is 0 Å². The maximum absolute atomic E-state index is 11.1. The van der Waals surface area contributed by atoms with Gasteiger partial charge in [0.05, 0.1) is 5.75 Å². The molecule has 0 saturated heterocycles. The first-order valence-electron chi connectivity index (χ1n) is 5.05. The fraction of sp³-hybridized carbons (Fsp3) is 0.455. The van der Waals surface area contributed by atoms with E-state index in [-0.39, 0.29) is 11.7 Å². The van der Waals surface area contributed by atoms with Crippen molar-refractivity contribution in [1.82, 2.24) is 0 Å². The molecule has 1 unspecified atom stereocenters. The summed E-state index contributed by atoms with van der Waals surface area (Å²) in [4.78, 5) is 0. The van der Waals surface area contributed by atoms with Crippen molar-refractivity contribution in [2.24, 2.45) is 5.73 Å². The molecule has 0 fully saturated rings. The van der Waals surface area contributed by atoms with Crippen molar-refractivity contribution in [2.75, 3.05) is 18.6 Å². The minimum Gasteiger partial charge on any atom is -0.330 e. The van der Waals surface area contributed by atoms with Crippen LogP contribution in [-0.4, -0.2) is 27.0 Å². The average molecular weight is 306 g/mol. The molecule has 1 rings (SSSR count). The Bertz CT molecular complexity index is 428. The Morgan fingerprint density at radius 3 is 2.31 bits per heavy atom. The molecule has 5 heteroatoms. The van der Waals surface area contributed by atoms with E-state index in [4.69, 9.17) is 5.73 Å². The second-order valence-corrected chi connectivity index (χ2v) is 7.08. The number of hydrogen-bond donors (Lipinski definition) is 1. The van der Waals surface area contributed by atoms with Gasteiger partial charge in [0.1, 0.15) is 9.84 Å². The fourth-order valence-corrected chi connectivity index (χ4v) is 2.49. The summed E-state index contributed by atoms with van der Waals surface area (Å²) in [6.45, 7) is 0.469. The molecule has 1 aromatic rings. The summed E-state index contributed by atoms with van der Waals surface area (Å²) in [5.41, 5.74) is 6.76. The lowest BCUT2D eigenvalue weighted by Crippen LogP contribution is -2.16. The van der Waals surface area contributed by atoms with Crippen molar-refractivity contribution < 1.29 is 8.42 Å². The van der Waals surface area contributed by atoms with Crippen molar-refractivity contribution >= 4 is 25.8 Å². The molecule has 0 aliphatic rings. The Morgan fingerprint density at radius 1 is 1.31 bits per heavy atom. The molecular formula is C11H16BrNO2S. The smallest absolute Gasteiger partial charge is 0.147 e. The first kappa shape index (κ1) is 13.7. The Kier molecular flexibility index (Phi) is 4.95. The average Bonchev–Trinajstić information content (AvgIpc) is 2.20. The van der Waals surface area contributed by atoms with Gasteiger partial charge in [-0.2, -0.15) is 0 Å². The molecule has 2 N–H and O–H groups in total. The number of nitrogens with two attached hydrogens (primary N) is 1. The van der Waals surface area contributed by atoms with Crippen LogP contribution in [0.15, 0.2) is 28.7 Å². The van der Waals surface area contributed by atoms with Crippen LogP contribution in [0.5, 0.6) is 0 Å². The first-order valence-corrected chi connectivity index (χ1v) is 7.91. The number of hydrogen-bond acceptors (Lipinski definition) is 3. The quantitative estimate of drug-likeness (QED) is 0.904. The number of rotatable bonds is 5. The van der Waals surface area contributed by atoms with Crippen molar-refractivity contribution in [3.63, 3.8) is 0 Å². The summed E-state index contributed by atoms with van der Waals surface area (Å²) >= 11 is 3.36. The Labute approximate surface area is 105 Å². The topological polar surface area (TPSA) is 60.2 Å². The zero-order valence-corrected chi connectivity index (χ0v) is 11.6. The molecule has 0 heterocycles. The standard InChI is InChI=1S/C11H16BrNO2S/c1-16(14,15)7-6-10(8-13)9-2-4-11(12)5-3-9/h2-5,10H,6-8,13H2,1H3. The largest absolute Gasteiger partial charge is 0.330 e. The van der Waals surface area contributed by atoms with Gasteiger partial charge < -0.3 is 5.73 Å². The molecule has 0 radical (unpaired) electrons. The van der Waals surface area contributed by atoms with E-state index in [0.717, 1.165) is 10.0 Å². The summed E-state index contributed by atoms with van der Waals surface area (Å²) in [6.07, 6.45) is 1.83. The van der Waals surface area contributed by atoms with Crippen molar-refractivity contribution in [2.45, 2.75) is 12.3 Å². The summed E-state index contributed by atoms with van der Waals surface area (Å²) < 4.78 is 23.2. The first-order chi connectivity index (χ1) is 7.42. The number of sulfone groups is 1. The fourth-order valence-electron chi connectivity index (χ4n) is 1.51. The molecule has 1 aromatic carbocycles. The molecule has 90 valence electrons. The van der Waals surface area contributed by atoms with Crippen LogP contribution in [0.3, 0.4) is 0 Å². The third kappa shape index (κ3) is 4.63. The van der Waals surface area contributed by atoms with Crippen LogP contribution in [0.1, 0.15) is 17.9 Å². The van der Waals surface area contributed by atoms with Gasteiger partial charge in [-0.05, 0) is 36.6 Å². The Morgan fingerprint density at radius 2 is 1.88 bits per heavy atom. The molecule has 16 heavy (non-hydrogen) atoms. The van der Waals surface area contributed by atoms with Crippen LogP contribution >= 0.6 is 15.9 Å². The third-order valence-corrected chi connectivity index (χ3v) is 3.97. The van der Waals surface area contributed by atoms with E-state index in [2.05, 4.69) is 15.9 Å². The van der Waals surface area contributed by atoms with E-state index in [9.17, 15) is 8.42 Å². The van der Waals surface area contributed by atoms with Crippen LogP contribution in [0.4, 0.5) is 0 Å². The van der Waals surface area contributed by atoms with Crippen LogP contribution in [0.25, 0.3) is 0 Å². The van der Waals surface area contributed by atoms with Gasteiger partial charge >= 0.3 is 0 Å². The van der Waals surface area contributed by atoms with Crippen LogP contribution in [0, 0.1) is 0 Å². The van der Waals surface area contributed by atoms with Gasteiger partial charge in [0.2, 0.25) is 0 Å². The molecular weight excluding hydrogens is 290 g/mol. The Hall–Kier alpha value is -0.390. The van der Waals surface area contributed by atoms with Gasteiger partial charge in [-0.25, -0.2) is 8.42 Å². The van der Waals surface area contributed by atoms with Crippen molar-refractivity contribution in [3.05, 3.63) is 34.3 Å². The molecule has 1 atom stereocenters. The van der Waals surface area contributed by atoms with Gasteiger partial charge in [0, 0.05) is 10.7 Å². The minimum atomic E-state index is -2.91. The molecule has 0 aliphatic carbocycles. The van der Waals surface area contributed by atoms with Crippen LogP contribution in [0.2, 0.25) is 0 Å². The van der Waals surface area contributed by atoms with Gasteiger partial charge in [-0.1, -0.05) is 28.1 Å². The van der Waals surface area contributed by atoms with E-state index in [1.54, 1.807) is 0 Å². The molecule has 3 nitrogen and oxygen atoms in total. The van der Waals surface area contributed by atoms with Crippen molar-refractivity contribution in [3.8, 4) is 0 Å². The number of benzene rings is 1. The highest BCUT2D eigenvalue weighted by Gasteiger charge is 2.12. The summed E-state index contributed by atoms with van der Waals surface area (Å²) in [7, 11) is -2.91. The maximum atomic E-state index is 11.1. The molecule has 0 aliphatic heterocycles.